The molecule has 2 saturated heterocycles. The van der Waals surface area contributed by atoms with Crippen molar-refractivity contribution in [3.05, 3.63) is 0 Å². The van der Waals surface area contributed by atoms with Crippen molar-refractivity contribution in [3.8, 4) is 0 Å². The number of hydrazine groups is 1. The van der Waals surface area contributed by atoms with Crippen molar-refractivity contribution in [2.45, 2.75) is 37.8 Å². The van der Waals surface area contributed by atoms with Crippen LogP contribution in [0.3, 0.4) is 0 Å². The van der Waals surface area contributed by atoms with Gasteiger partial charge in [0.15, 0.2) is 11.6 Å². The topological polar surface area (TPSA) is 141 Å². The lowest BCUT2D eigenvalue weighted by Crippen LogP contribution is -2.40. The van der Waals surface area contributed by atoms with E-state index in [1.807, 2.05) is 0 Å². The second-order valence-corrected chi connectivity index (χ2v) is 10.9. The quantitative estimate of drug-likeness (QED) is 0.218. The van der Waals surface area contributed by atoms with Crippen molar-refractivity contribution in [2.24, 2.45) is 0 Å². The van der Waals surface area contributed by atoms with Gasteiger partial charge in [-0.25, -0.2) is 15.4 Å². The molecule has 2 aromatic heterocycles. The molecule has 0 spiro atoms. The number of hydrogen-bond donors (Lipinski definition) is 2. The Morgan fingerprint density at radius 3 is 1.75 bits per heavy atom. The van der Waals surface area contributed by atoms with Crippen LogP contribution in [0.1, 0.15) is 25.7 Å². The highest BCUT2D eigenvalue weighted by Crippen LogP contribution is 2.32. The Labute approximate surface area is 260 Å². The molecule has 0 bridgehead atoms. The maximum absolute atomic E-state index is 5.67. The van der Waals surface area contributed by atoms with Gasteiger partial charge in [-0.2, -0.15) is 9.97 Å². The van der Waals surface area contributed by atoms with E-state index >= 15 is 0 Å². The number of aromatic nitrogens is 4. The summed E-state index contributed by atoms with van der Waals surface area (Å²) in [6.07, 6.45) is 3.83. The number of fused-ring (bicyclic) bond motifs is 1. The molecule has 0 radical (unpaired) electrons. The fourth-order valence-corrected chi connectivity index (χ4v) is 5.31. The van der Waals surface area contributed by atoms with Crippen LogP contribution in [0.5, 0.6) is 0 Å². The Kier molecular flexibility index (Phi) is 14.3. The zero-order valence-electron chi connectivity index (χ0n) is 27.0. The van der Waals surface area contributed by atoms with Crippen molar-refractivity contribution < 1.29 is 28.4 Å². The largest absolute Gasteiger partial charge is 0.383 e. The summed E-state index contributed by atoms with van der Waals surface area (Å²) in [4.78, 5) is 26.9. The highest BCUT2D eigenvalue weighted by Gasteiger charge is 2.27. The summed E-state index contributed by atoms with van der Waals surface area (Å²) in [7, 11) is 8.55. The fourth-order valence-electron chi connectivity index (χ4n) is 5.31. The normalized spacial score (nSPS) is 16.5. The van der Waals surface area contributed by atoms with Gasteiger partial charge in [-0.05, 0) is 25.7 Å². The van der Waals surface area contributed by atoms with E-state index in [9.17, 15) is 0 Å². The number of anilines is 4. The molecule has 44 heavy (non-hydrogen) atoms. The van der Waals surface area contributed by atoms with Crippen LogP contribution in [0.2, 0.25) is 0 Å². The third kappa shape index (κ3) is 9.42. The number of rotatable bonds is 19. The van der Waals surface area contributed by atoms with E-state index in [0.29, 0.717) is 81.4 Å². The third-order valence-electron chi connectivity index (χ3n) is 8.02. The van der Waals surface area contributed by atoms with Gasteiger partial charge in [-0.15, -0.1) is 0 Å². The molecule has 0 amide bonds. The van der Waals surface area contributed by atoms with Crippen molar-refractivity contribution in [1.82, 2.24) is 25.4 Å². The first-order chi connectivity index (χ1) is 21.6. The summed E-state index contributed by atoms with van der Waals surface area (Å²) in [6.45, 7) is 7.56. The predicted octanol–water partition coefficient (Wildman–Crippen LogP) is 1.33. The lowest BCUT2D eigenvalue weighted by atomic mass is 10.1. The van der Waals surface area contributed by atoms with E-state index < -0.39 is 0 Å². The molecule has 2 aliphatic heterocycles. The van der Waals surface area contributed by atoms with Crippen LogP contribution in [0.4, 0.5) is 23.5 Å². The number of ether oxygens (including phenoxy) is 6. The van der Waals surface area contributed by atoms with Crippen LogP contribution in [-0.4, -0.2) is 147 Å². The average Bonchev–Trinajstić information content (AvgIpc) is 3.07. The molecule has 4 rings (SSSR count). The number of nitrogens with one attached hydrogen (secondary N) is 2. The Bertz CT molecular complexity index is 1100. The first-order valence-corrected chi connectivity index (χ1v) is 15.5. The van der Waals surface area contributed by atoms with E-state index in [1.54, 1.807) is 35.5 Å². The molecule has 15 nitrogen and oxygen atoms in total. The van der Waals surface area contributed by atoms with Gasteiger partial charge >= 0.3 is 0 Å². The maximum Gasteiger partial charge on any atom is 0.228 e. The SMILES string of the molecule is COCCN(CCOC)c1nc(N2CCC(OC)CC2)c2nc(N(CCOC)CCOC)nc(NNC3CCOCC3)c2n1. The zero-order chi connectivity index (χ0) is 31.1. The summed E-state index contributed by atoms with van der Waals surface area (Å²) in [5, 5.41) is 0. The van der Waals surface area contributed by atoms with Crippen LogP contribution in [0.25, 0.3) is 11.0 Å². The van der Waals surface area contributed by atoms with Crippen molar-refractivity contribution >= 4 is 34.6 Å². The van der Waals surface area contributed by atoms with Crippen LogP contribution in [0, 0.1) is 0 Å². The molecule has 0 atom stereocenters. The standard InChI is InChI=1S/C29H51N9O6/c1-39-18-12-37(13-19-40-2)28-31-25-24(26(32-28)35-34-22-8-16-44-17-9-22)30-29(38(14-20-41-3)15-21-42-4)33-27(25)36-10-6-23(43-5)7-11-36/h22-23,34H,6-21H2,1-5H3,(H,31,32,35). The third-order valence-corrected chi connectivity index (χ3v) is 8.02. The number of piperidine rings is 1. The molecule has 0 aliphatic carbocycles. The summed E-state index contributed by atoms with van der Waals surface area (Å²) < 4.78 is 32.9. The number of hydrogen-bond acceptors (Lipinski definition) is 15. The minimum Gasteiger partial charge on any atom is -0.383 e. The Morgan fingerprint density at radius 2 is 1.23 bits per heavy atom. The van der Waals surface area contributed by atoms with E-state index in [1.165, 1.54) is 0 Å². The molecule has 2 aromatic rings. The van der Waals surface area contributed by atoms with E-state index in [0.717, 1.165) is 57.8 Å². The average molecular weight is 622 g/mol. The second kappa shape index (κ2) is 18.3. The monoisotopic (exact) mass is 621 g/mol. The highest BCUT2D eigenvalue weighted by molar-refractivity contribution is 5.94. The van der Waals surface area contributed by atoms with Gasteiger partial charge < -0.3 is 48.5 Å². The van der Waals surface area contributed by atoms with Gasteiger partial charge in [-0.1, -0.05) is 0 Å². The van der Waals surface area contributed by atoms with Crippen LogP contribution < -0.4 is 25.6 Å². The van der Waals surface area contributed by atoms with Gasteiger partial charge in [0.1, 0.15) is 11.0 Å². The van der Waals surface area contributed by atoms with Gasteiger partial charge in [0.25, 0.3) is 0 Å². The molecule has 2 aliphatic rings. The Hall–Kier alpha value is -2.66. The molecule has 4 heterocycles. The molecule has 2 N–H and O–H groups in total. The molecule has 248 valence electrons. The summed E-state index contributed by atoms with van der Waals surface area (Å²) in [5.74, 6) is 2.50. The molecular weight excluding hydrogens is 570 g/mol. The molecule has 15 heteroatoms. The van der Waals surface area contributed by atoms with Gasteiger partial charge in [0, 0.05) is 94.1 Å². The smallest absolute Gasteiger partial charge is 0.228 e. The minimum absolute atomic E-state index is 0.225. The van der Waals surface area contributed by atoms with Gasteiger partial charge in [0.05, 0.1) is 32.5 Å². The number of nitrogens with zero attached hydrogens (tertiary/aromatic N) is 7. The van der Waals surface area contributed by atoms with Crippen molar-refractivity contribution in [1.29, 1.82) is 0 Å². The van der Waals surface area contributed by atoms with Crippen LogP contribution in [-0.2, 0) is 28.4 Å². The van der Waals surface area contributed by atoms with Crippen molar-refractivity contribution in [2.75, 3.05) is 135 Å². The fraction of sp³-hybridized carbons (Fsp3) is 0.793. The Balaban J connectivity index is 1.84. The van der Waals surface area contributed by atoms with Gasteiger partial charge in [0.2, 0.25) is 11.9 Å². The highest BCUT2D eigenvalue weighted by atomic mass is 16.5. The molecule has 0 unspecified atom stereocenters. The maximum atomic E-state index is 5.67. The minimum atomic E-state index is 0.225. The van der Waals surface area contributed by atoms with E-state index in [2.05, 4.69) is 25.6 Å². The summed E-state index contributed by atoms with van der Waals surface area (Å²) >= 11 is 0. The molecular formula is C29H51N9O6. The predicted molar refractivity (Wildman–Crippen MR) is 170 cm³/mol. The molecule has 0 aromatic carbocycles. The van der Waals surface area contributed by atoms with E-state index in [4.69, 9.17) is 48.4 Å². The first kappa shape index (κ1) is 34.2. The van der Waals surface area contributed by atoms with E-state index in [-0.39, 0.29) is 12.1 Å². The van der Waals surface area contributed by atoms with Gasteiger partial charge in [-0.3, -0.25) is 0 Å². The van der Waals surface area contributed by atoms with Crippen molar-refractivity contribution in [3.63, 3.8) is 0 Å². The summed E-state index contributed by atoms with van der Waals surface area (Å²) in [6, 6.07) is 0.240. The molecule has 2 fully saturated rings. The lowest BCUT2D eigenvalue weighted by molar-refractivity contribution is 0.0798. The summed E-state index contributed by atoms with van der Waals surface area (Å²) in [5.41, 5.74) is 8.22. The Morgan fingerprint density at radius 1 is 0.705 bits per heavy atom. The first-order valence-electron chi connectivity index (χ1n) is 15.5. The lowest BCUT2D eigenvalue weighted by Gasteiger charge is -2.33. The van der Waals surface area contributed by atoms with Crippen LogP contribution in [0.15, 0.2) is 0 Å². The van der Waals surface area contributed by atoms with Crippen LogP contribution >= 0.6 is 0 Å². The zero-order valence-corrected chi connectivity index (χ0v) is 27.0. The molecule has 0 saturated carbocycles. The second-order valence-electron chi connectivity index (χ2n) is 10.9. The number of methoxy groups -OCH3 is 5.